The molecule has 1 heterocycles. The number of hydrogen-bond acceptors (Lipinski definition) is 3. The van der Waals surface area contributed by atoms with Gasteiger partial charge in [-0.25, -0.2) is 0 Å². The fraction of sp³-hybridized carbons (Fsp3) is 0.500. The maximum atomic E-state index is 5.96. The SMILES string of the molecule is Cc1ccc(NC2(C)CCOC2)c(N)c1. The predicted molar refractivity (Wildman–Crippen MR) is 63.1 cm³/mol. The Labute approximate surface area is 90.6 Å². The second-order valence-corrected chi connectivity index (χ2v) is 4.58. The molecule has 0 aromatic heterocycles. The van der Waals surface area contributed by atoms with E-state index in [9.17, 15) is 0 Å². The molecule has 0 amide bonds. The summed E-state index contributed by atoms with van der Waals surface area (Å²) in [6, 6.07) is 6.09. The lowest BCUT2D eigenvalue weighted by molar-refractivity contribution is 0.185. The minimum atomic E-state index is 0.0311. The number of aryl methyl sites for hydroxylation is 1. The third kappa shape index (κ3) is 2.23. The van der Waals surface area contributed by atoms with Crippen molar-refractivity contribution in [3.05, 3.63) is 23.8 Å². The molecule has 0 spiro atoms. The largest absolute Gasteiger partial charge is 0.397 e. The number of benzene rings is 1. The van der Waals surface area contributed by atoms with Gasteiger partial charge < -0.3 is 15.8 Å². The third-order valence-electron chi connectivity index (χ3n) is 2.86. The molecule has 1 aliphatic heterocycles. The van der Waals surface area contributed by atoms with E-state index in [1.165, 1.54) is 5.56 Å². The normalized spacial score (nSPS) is 25.5. The number of nitrogen functional groups attached to an aromatic ring is 1. The summed E-state index contributed by atoms with van der Waals surface area (Å²) in [4.78, 5) is 0. The first-order chi connectivity index (χ1) is 7.09. The van der Waals surface area contributed by atoms with E-state index in [1.54, 1.807) is 0 Å². The molecule has 15 heavy (non-hydrogen) atoms. The third-order valence-corrected chi connectivity index (χ3v) is 2.86. The van der Waals surface area contributed by atoms with Crippen LogP contribution in [0.4, 0.5) is 11.4 Å². The van der Waals surface area contributed by atoms with Crippen molar-refractivity contribution in [2.24, 2.45) is 0 Å². The molecule has 1 atom stereocenters. The van der Waals surface area contributed by atoms with E-state index in [0.717, 1.165) is 31.0 Å². The van der Waals surface area contributed by atoms with E-state index in [4.69, 9.17) is 10.5 Å². The van der Waals surface area contributed by atoms with Crippen molar-refractivity contribution in [1.29, 1.82) is 0 Å². The lowest BCUT2D eigenvalue weighted by Crippen LogP contribution is -2.35. The van der Waals surface area contributed by atoms with Crippen LogP contribution in [0.25, 0.3) is 0 Å². The Hall–Kier alpha value is -1.22. The Balaban J connectivity index is 2.16. The Morgan fingerprint density at radius 1 is 1.47 bits per heavy atom. The highest BCUT2D eigenvalue weighted by molar-refractivity contribution is 5.67. The molecule has 1 aliphatic rings. The Bertz CT molecular complexity index is 357. The lowest BCUT2D eigenvalue weighted by atomic mass is 10.0. The van der Waals surface area contributed by atoms with Crippen LogP contribution in [0.2, 0.25) is 0 Å². The lowest BCUT2D eigenvalue weighted by Gasteiger charge is -2.26. The summed E-state index contributed by atoms with van der Waals surface area (Å²) >= 11 is 0. The van der Waals surface area contributed by atoms with Crippen molar-refractivity contribution < 1.29 is 4.74 Å². The van der Waals surface area contributed by atoms with Gasteiger partial charge >= 0.3 is 0 Å². The van der Waals surface area contributed by atoms with E-state index in [0.29, 0.717) is 0 Å². The zero-order valence-corrected chi connectivity index (χ0v) is 9.34. The van der Waals surface area contributed by atoms with Gasteiger partial charge in [0.2, 0.25) is 0 Å². The summed E-state index contributed by atoms with van der Waals surface area (Å²) in [5.74, 6) is 0. The molecule has 0 saturated carbocycles. The van der Waals surface area contributed by atoms with Crippen molar-refractivity contribution in [2.45, 2.75) is 25.8 Å². The average Bonchev–Trinajstić information content (AvgIpc) is 2.58. The number of hydrogen-bond donors (Lipinski definition) is 2. The van der Waals surface area contributed by atoms with E-state index >= 15 is 0 Å². The van der Waals surface area contributed by atoms with Crippen LogP contribution >= 0.6 is 0 Å². The monoisotopic (exact) mass is 206 g/mol. The van der Waals surface area contributed by atoms with E-state index in [1.807, 2.05) is 19.1 Å². The summed E-state index contributed by atoms with van der Waals surface area (Å²) in [6.45, 7) is 5.79. The van der Waals surface area contributed by atoms with Gasteiger partial charge in [-0.3, -0.25) is 0 Å². The van der Waals surface area contributed by atoms with Crippen LogP contribution in [0, 0.1) is 6.92 Å². The molecule has 1 aromatic rings. The molecule has 2 rings (SSSR count). The van der Waals surface area contributed by atoms with E-state index in [-0.39, 0.29) is 5.54 Å². The second kappa shape index (κ2) is 3.74. The van der Waals surface area contributed by atoms with E-state index in [2.05, 4.69) is 18.3 Å². The fourth-order valence-corrected chi connectivity index (χ4v) is 1.89. The first-order valence-corrected chi connectivity index (χ1v) is 5.31. The Kier molecular flexibility index (Phi) is 2.57. The summed E-state index contributed by atoms with van der Waals surface area (Å²) in [5, 5.41) is 3.46. The molecule has 0 bridgehead atoms. The first-order valence-electron chi connectivity index (χ1n) is 5.31. The zero-order chi connectivity index (χ0) is 10.9. The van der Waals surface area contributed by atoms with Gasteiger partial charge in [0.15, 0.2) is 0 Å². The van der Waals surface area contributed by atoms with Gasteiger partial charge in [-0.2, -0.15) is 0 Å². The Morgan fingerprint density at radius 3 is 2.87 bits per heavy atom. The van der Waals surface area contributed by atoms with Gasteiger partial charge in [0.05, 0.1) is 23.5 Å². The molecule has 0 radical (unpaired) electrons. The Morgan fingerprint density at radius 2 is 2.27 bits per heavy atom. The maximum absolute atomic E-state index is 5.96. The van der Waals surface area contributed by atoms with Crippen molar-refractivity contribution >= 4 is 11.4 Å². The molecule has 0 aliphatic carbocycles. The highest BCUT2D eigenvalue weighted by atomic mass is 16.5. The van der Waals surface area contributed by atoms with Crippen molar-refractivity contribution in [3.63, 3.8) is 0 Å². The number of nitrogens with one attached hydrogen (secondary N) is 1. The zero-order valence-electron chi connectivity index (χ0n) is 9.34. The van der Waals surface area contributed by atoms with Crippen LogP contribution < -0.4 is 11.1 Å². The fourth-order valence-electron chi connectivity index (χ4n) is 1.89. The van der Waals surface area contributed by atoms with Gasteiger partial charge in [-0.15, -0.1) is 0 Å². The standard InChI is InChI=1S/C12H18N2O/c1-9-3-4-11(10(13)7-9)14-12(2)5-6-15-8-12/h3-4,7,14H,5-6,8,13H2,1-2H3. The number of nitrogens with two attached hydrogens (primary N) is 1. The smallest absolute Gasteiger partial charge is 0.0694 e. The van der Waals surface area contributed by atoms with Crippen molar-refractivity contribution in [2.75, 3.05) is 24.3 Å². The van der Waals surface area contributed by atoms with Crippen molar-refractivity contribution in [3.8, 4) is 0 Å². The molecule has 1 unspecified atom stereocenters. The predicted octanol–water partition coefficient (Wildman–Crippen LogP) is 2.17. The summed E-state index contributed by atoms with van der Waals surface area (Å²) < 4.78 is 5.39. The quantitative estimate of drug-likeness (QED) is 0.729. The van der Waals surface area contributed by atoms with Crippen molar-refractivity contribution in [1.82, 2.24) is 0 Å². The van der Waals surface area contributed by atoms with Crippen LogP contribution in [-0.4, -0.2) is 18.8 Å². The molecular formula is C12H18N2O. The second-order valence-electron chi connectivity index (χ2n) is 4.58. The van der Waals surface area contributed by atoms with Gasteiger partial charge in [0.1, 0.15) is 0 Å². The summed E-state index contributed by atoms with van der Waals surface area (Å²) in [7, 11) is 0. The molecule has 3 heteroatoms. The minimum absolute atomic E-state index is 0.0311. The highest BCUT2D eigenvalue weighted by Gasteiger charge is 2.29. The van der Waals surface area contributed by atoms with E-state index < -0.39 is 0 Å². The molecular weight excluding hydrogens is 188 g/mol. The summed E-state index contributed by atoms with van der Waals surface area (Å²) in [6.07, 6.45) is 1.03. The molecule has 1 saturated heterocycles. The summed E-state index contributed by atoms with van der Waals surface area (Å²) in [5.41, 5.74) is 8.99. The van der Waals surface area contributed by atoms with Crippen LogP contribution in [0.5, 0.6) is 0 Å². The van der Waals surface area contributed by atoms with Gasteiger partial charge in [0.25, 0.3) is 0 Å². The molecule has 1 aromatic carbocycles. The molecule has 82 valence electrons. The van der Waals surface area contributed by atoms with Crippen LogP contribution in [0.1, 0.15) is 18.9 Å². The average molecular weight is 206 g/mol. The van der Waals surface area contributed by atoms with Gasteiger partial charge in [-0.05, 0) is 38.0 Å². The number of ether oxygens (including phenoxy) is 1. The van der Waals surface area contributed by atoms with Crippen LogP contribution in [-0.2, 0) is 4.74 Å². The number of rotatable bonds is 2. The van der Waals surface area contributed by atoms with Crippen LogP contribution in [0.15, 0.2) is 18.2 Å². The molecule has 1 fully saturated rings. The molecule has 3 nitrogen and oxygen atoms in total. The molecule has 3 N–H and O–H groups in total. The maximum Gasteiger partial charge on any atom is 0.0694 e. The van der Waals surface area contributed by atoms with Crippen LogP contribution in [0.3, 0.4) is 0 Å². The minimum Gasteiger partial charge on any atom is -0.397 e. The topological polar surface area (TPSA) is 47.3 Å². The van der Waals surface area contributed by atoms with Gasteiger partial charge in [0, 0.05) is 6.61 Å². The highest BCUT2D eigenvalue weighted by Crippen LogP contribution is 2.27. The first kappa shape index (κ1) is 10.3. The van der Waals surface area contributed by atoms with Gasteiger partial charge in [-0.1, -0.05) is 6.07 Å². The number of anilines is 2.